The third kappa shape index (κ3) is 4.46. The summed E-state index contributed by atoms with van der Waals surface area (Å²) in [7, 11) is 3.47. The minimum absolute atomic E-state index is 0.0115. The van der Waals surface area contributed by atoms with Crippen LogP contribution in [0.3, 0.4) is 0 Å². The van der Waals surface area contributed by atoms with Gasteiger partial charge in [0.15, 0.2) is 5.82 Å². The summed E-state index contributed by atoms with van der Waals surface area (Å²) in [6.45, 7) is 0.834. The van der Waals surface area contributed by atoms with Gasteiger partial charge in [-0.2, -0.15) is 5.10 Å². The van der Waals surface area contributed by atoms with Crippen LogP contribution >= 0.6 is 0 Å². The lowest BCUT2D eigenvalue weighted by Crippen LogP contribution is -2.37. The number of carbonyl (C=O) groups is 1. The van der Waals surface area contributed by atoms with Crippen molar-refractivity contribution < 1.29 is 13.9 Å². The molecule has 1 N–H and O–H groups in total. The molecular weight excluding hydrogens is 487 g/mol. The summed E-state index contributed by atoms with van der Waals surface area (Å²) in [4.78, 5) is 15.6. The highest BCUT2D eigenvalue weighted by Gasteiger charge is 2.30. The predicted octanol–water partition coefficient (Wildman–Crippen LogP) is 3.80. The van der Waals surface area contributed by atoms with Gasteiger partial charge in [0.05, 0.1) is 30.4 Å². The molecule has 1 aliphatic carbocycles. The van der Waals surface area contributed by atoms with E-state index in [0.717, 1.165) is 67.7 Å². The monoisotopic (exact) mass is 518 g/mol. The van der Waals surface area contributed by atoms with Crippen LogP contribution in [0.2, 0.25) is 0 Å². The Bertz CT molecular complexity index is 1460. The third-order valence-corrected chi connectivity index (χ3v) is 7.97. The van der Waals surface area contributed by atoms with Crippen LogP contribution < -0.4 is 15.0 Å². The summed E-state index contributed by atoms with van der Waals surface area (Å²) < 4.78 is 23.1. The zero-order valence-corrected chi connectivity index (χ0v) is 21.5. The third-order valence-electron chi connectivity index (χ3n) is 7.97. The van der Waals surface area contributed by atoms with E-state index in [0.29, 0.717) is 17.2 Å². The number of aromatic nitrogens is 6. The molecule has 4 heterocycles. The smallest absolute Gasteiger partial charge is 0.255 e. The van der Waals surface area contributed by atoms with Crippen LogP contribution in [0.15, 0.2) is 42.7 Å². The molecule has 1 saturated heterocycles. The topological polar surface area (TPSA) is 102 Å². The Morgan fingerprint density at radius 2 is 1.97 bits per heavy atom. The normalized spacial score (nSPS) is 21.7. The first kappa shape index (κ1) is 24.3. The molecule has 2 fully saturated rings. The molecule has 2 aliphatic rings. The standard InChI is InChI=1S/C27H31FN8O2/c1-34-26(31-32-33-34)17-5-8-19(9-6-17)30-27(37)22-16-29-36-13-11-20(15-24(22)36)35-12-3-4-23(35)21-14-18(28)7-10-25(21)38-2/h7,10-11,13-17,19,23H,3-6,8-9,12H2,1-2H3,(H,30,37)/t17?,19?,23-/m1/s1. The maximum atomic E-state index is 14.1. The van der Waals surface area contributed by atoms with Crippen LogP contribution in [0, 0.1) is 5.82 Å². The number of hydrogen-bond acceptors (Lipinski definition) is 7. The Hall–Kier alpha value is -4.02. The van der Waals surface area contributed by atoms with Crippen molar-refractivity contribution in [3.8, 4) is 5.75 Å². The highest BCUT2D eigenvalue weighted by molar-refractivity contribution is 6.01. The second-order valence-electron chi connectivity index (χ2n) is 10.2. The number of carbonyl (C=O) groups excluding carboxylic acids is 1. The number of rotatable bonds is 6. The van der Waals surface area contributed by atoms with E-state index in [1.807, 2.05) is 25.4 Å². The number of nitrogens with zero attached hydrogens (tertiary/aromatic N) is 7. The van der Waals surface area contributed by atoms with E-state index >= 15 is 0 Å². The molecule has 11 heteroatoms. The van der Waals surface area contributed by atoms with Crippen LogP contribution in [0.1, 0.15) is 72.2 Å². The first-order chi connectivity index (χ1) is 18.5. The maximum absolute atomic E-state index is 14.1. The molecule has 1 aromatic carbocycles. The quantitative estimate of drug-likeness (QED) is 0.414. The van der Waals surface area contributed by atoms with Crippen molar-refractivity contribution in [2.75, 3.05) is 18.6 Å². The zero-order chi connectivity index (χ0) is 26.2. The maximum Gasteiger partial charge on any atom is 0.255 e. The SMILES string of the molecule is COc1ccc(F)cc1[C@H]1CCCN1c1ccn2ncc(C(=O)NC3CCC(c4nnnn4C)CC3)c2c1. The minimum Gasteiger partial charge on any atom is -0.496 e. The van der Waals surface area contributed by atoms with E-state index in [2.05, 4.69) is 30.8 Å². The fourth-order valence-corrected chi connectivity index (χ4v) is 6.03. The molecular formula is C27H31FN8O2. The molecule has 1 aliphatic heterocycles. The van der Waals surface area contributed by atoms with E-state index in [-0.39, 0.29) is 23.8 Å². The van der Waals surface area contributed by atoms with Gasteiger partial charge in [0.1, 0.15) is 11.6 Å². The molecule has 10 nitrogen and oxygen atoms in total. The molecule has 0 unspecified atom stereocenters. The molecule has 0 spiro atoms. The summed E-state index contributed by atoms with van der Waals surface area (Å²) in [5, 5.41) is 19.5. The van der Waals surface area contributed by atoms with Gasteiger partial charge < -0.3 is 15.0 Å². The molecule has 0 radical (unpaired) electrons. The summed E-state index contributed by atoms with van der Waals surface area (Å²) in [6.07, 6.45) is 8.98. The van der Waals surface area contributed by atoms with Crippen molar-refractivity contribution >= 4 is 17.1 Å². The van der Waals surface area contributed by atoms with E-state index in [1.165, 1.54) is 6.07 Å². The highest BCUT2D eigenvalue weighted by Crippen LogP contribution is 2.40. The summed E-state index contributed by atoms with van der Waals surface area (Å²) >= 11 is 0. The minimum atomic E-state index is -0.278. The molecule has 38 heavy (non-hydrogen) atoms. The Morgan fingerprint density at radius 3 is 2.74 bits per heavy atom. The number of methoxy groups -OCH3 is 1. The van der Waals surface area contributed by atoms with Crippen molar-refractivity contribution in [2.45, 2.75) is 56.5 Å². The zero-order valence-electron chi connectivity index (χ0n) is 21.5. The number of halogens is 1. The van der Waals surface area contributed by atoms with E-state index in [4.69, 9.17) is 4.74 Å². The predicted molar refractivity (Wildman–Crippen MR) is 139 cm³/mol. The van der Waals surface area contributed by atoms with Gasteiger partial charge in [-0.05, 0) is 79.3 Å². The van der Waals surface area contributed by atoms with Crippen molar-refractivity contribution in [1.29, 1.82) is 0 Å². The second-order valence-corrected chi connectivity index (χ2v) is 10.2. The van der Waals surface area contributed by atoms with E-state index in [9.17, 15) is 9.18 Å². The van der Waals surface area contributed by atoms with Gasteiger partial charge in [-0.1, -0.05) is 0 Å². The van der Waals surface area contributed by atoms with Crippen molar-refractivity contribution in [2.24, 2.45) is 7.05 Å². The number of nitrogens with one attached hydrogen (secondary N) is 1. The molecule has 4 aromatic rings. The fourth-order valence-electron chi connectivity index (χ4n) is 6.03. The number of anilines is 1. The Labute approximate surface area is 219 Å². The lowest BCUT2D eigenvalue weighted by atomic mass is 9.85. The van der Waals surface area contributed by atoms with Crippen LogP contribution in [0.4, 0.5) is 10.1 Å². The first-order valence-corrected chi connectivity index (χ1v) is 13.1. The van der Waals surface area contributed by atoms with Crippen LogP contribution in [-0.4, -0.2) is 55.4 Å². The van der Waals surface area contributed by atoms with E-state index in [1.54, 1.807) is 34.6 Å². The molecule has 198 valence electrons. The van der Waals surface area contributed by atoms with Crippen molar-refractivity contribution in [3.63, 3.8) is 0 Å². The van der Waals surface area contributed by atoms with Gasteiger partial charge in [0, 0.05) is 43.0 Å². The number of tetrazole rings is 1. The Balaban J connectivity index is 1.20. The fraction of sp³-hybridized carbons (Fsp3) is 0.444. The van der Waals surface area contributed by atoms with Gasteiger partial charge >= 0.3 is 0 Å². The average Bonchev–Trinajstić information content (AvgIpc) is 3.68. The summed E-state index contributed by atoms with van der Waals surface area (Å²) in [5.41, 5.74) is 3.10. The van der Waals surface area contributed by atoms with E-state index < -0.39 is 0 Å². The van der Waals surface area contributed by atoms with Crippen LogP contribution in [0.5, 0.6) is 5.75 Å². The molecule has 1 amide bonds. The second kappa shape index (κ2) is 10.0. The number of amides is 1. The van der Waals surface area contributed by atoms with Crippen LogP contribution in [-0.2, 0) is 7.05 Å². The lowest BCUT2D eigenvalue weighted by molar-refractivity contribution is 0.0927. The van der Waals surface area contributed by atoms with Crippen molar-refractivity contribution in [1.82, 2.24) is 35.1 Å². The van der Waals surface area contributed by atoms with Crippen LogP contribution in [0.25, 0.3) is 5.52 Å². The average molecular weight is 519 g/mol. The van der Waals surface area contributed by atoms with Gasteiger partial charge in [0.25, 0.3) is 5.91 Å². The number of hydrogen-bond donors (Lipinski definition) is 1. The number of pyridine rings is 1. The summed E-state index contributed by atoms with van der Waals surface area (Å²) in [6, 6.07) is 8.75. The van der Waals surface area contributed by atoms with Gasteiger partial charge in [-0.15, -0.1) is 5.10 Å². The molecule has 0 bridgehead atoms. The molecule has 1 atom stereocenters. The Morgan fingerprint density at radius 1 is 1.13 bits per heavy atom. The molecule has 1 saturated carbocycles. The largest absolute Gasteiger partial charge is 0.496 e. The number of aryl methyl sites for hydroxylation is 1. The number of ether oxygens (including phenoxy) is 1. The summed E-state index contributed by atoms with van der Waals surface area (Å²) in [5.74, 6) is 1.50. The highest BCUT2D eigenvalue weighted by atomic mass is 19.1. The molecule has 6 rings (SSSR count). The number of benzene rings is 1. The lowest BCUT2D eigenvalue weighted by Gasteiger charge is -2.29. The van der Waals surface area contributed by atoms with Gasteiger partial charge in [-0.25, -0.2) is 13.6 Å². The van der Waals surface area contributed by atoms with Gasteiger partial charge in [-0.3, -0.25) is 4.79 Å². The molecule has 3 aromatic heterocycles. The number of fused-ring (bicyclic) bond motifs is 1. The van der Waals surface area contributed by atoms with Crippen molar-refractivity contribution in [3.05, 3.63) is 65.5 Å². The Kier molecular flexibility index (Phi) is 6.42. The first-order valence-electron chi connectivity index (χ1n) is 13.1. The van der Waals surface area contributed by atoms with Gasteiger partial charge in [0.2, 0.25) is 0 Å².